The summed E-state index contributed by atoms with van der Waals surface area (Å²) in [6.45, 7) is 2.60. The Bertz CT molecular complexity index is 919. The van der Waals surface area contributed by atoms with Crippen LogP contribution in [0.2, 0.25) is 5.02 Å². The molecule has 0 saturated carbocycles. The molecule has 27 heavy (non-hydrogen) atoms. The summed E-state index contributed by atoms with van der Waals surface area (Å²) in [6, 6.07) is 14.3. The predicted octanol–water partition coefficient (Wildman–Crippen LogP) is 2.53. The molecule has 0 radical (unpaired) electrons. The Morgan fingerprint density at radius 3 is 2.74 bits per heavy atom. The Morgan fingerprint density at radius 2 is 2.00 bits per heavy atom. The van der Waals surface area contributed by atoms with Crippen LogP contribution in [0.3, 0.4) is 0 Å². The normalized spacial score (nSPS) is 17.7. The van der Waals surface area contributed by atoms with Gasteiger partial charge in [-0.3, -0.25) is 4.79 Å². The van der Waals surface area contributed by atoms with Gasteiger partial charge in [-0.05, 0) is 30.2 Å². The maximum Gasteiger partial charge on any atom is 0.241 e. The number of morpholine rings is 1. The lowest BCUT2D eigenvalue weighted by Crippen LogP contribution is -2.46. The molecule has 1 aliphatic rings. The number of carbonyl (C=O) groups excluding carboxylic acids is 1. The molecule has 1 atom stereocenters. The molecule has 0 aliphatic carbocycles. The highest BCUT2D eigenvalue weighted by molar-refractivity contribution is 7.89. The molecule has 144 valence electrons. The number of rotatable bonds is 5. The van der Waals surface area contributed by atoms with E-state index in [1.165, 1.54) is 6.07 Å². The molecule has 0 bridgehead atoms. The molecule has 1 N–H and O–H groups in total. The number of benzene rings is 2. The second kappa shape index (κ2) is 8.39. The fourth-order valence-electron chi connectivity index (χ4n) is 2.95. The van der Waals surface area contributed by atoms with Gasteiger partial charge in [-0.25, -0.2) is 13.1 Å². The van der Waals surface area contributed by atoms with Crippen molar-refractivity contribution in [2.45, 2.75) is 17.9 Å². The van der Waals surface area contributed by atoms with Crippen LogP contribution >= 0.6 is 11.6 Å². The van der Waals surface area contributed by atoms with Crippen LogP contribution in [-0.4, -0.2) is 45.5 Å². The first-order valence-corrected chi connectivity index (χ1v) is 10.4. The summed E-state index contributed by atoms with van der Waals surface area (Å²) in [5.74, 6) is -0.289. The summed E-state index contributed by atoms with van der Waals surface area (Å²) in [5, 5.41) is 0.325. The first-order valence-electron chi connectivity index (χ1n) is 8.57. The minimum Gasteiger partial charge on any atom is -0.370 e. The molecular weight excluding hydrogens is 388 g/mol. The van der Waals surface area contributed by atoms with E-state index >= 15 is 0 Å². The van der Waals surface area contributed by atoms with Crippen LogP contribution in [0.1, 0.15) is 17.2 Å². The van der Waals surface area contributed by atoms with E-state index in [9.17, 15) is 13.2 Å². The summed E-state index contributed by atoms with van der Waals surface area (Å²) in [5.41, 5.74) is 1.56. The van der Waals surface area contributed by atoms with Gasteiger partial charge in [0.15, 0.2) is 0 Å². The van der Waals surface area contributed by atoms with Crippen molar-refractivity contribution < 1.29 is 17.9 Å². The van der Waals surface area contributed by atoms with Crippen LogP contribution in [-0.2, 0) is 19.6 Å². The summed E-state index contributed by atoms with van der Waals surface area (Å²) < 4.78 is 33.1. The largest absolute Gasteiger partial charge is 0.370 e. The first-order chi connectivity index (χ1) is 12.9. The SMILES string of the molecule is Cc1ccc(Cl)cc1S(=O)(=O)NCC(=O)N1CCO[C@H](c2ccccc2)C1. The molecule has 3 rings (SSSR count). The molecule has 1 aliphatic heterocycles. The molecule has 1 saturated heterocycles. The van der Waals surface area contributed by atoms with E-state index in [0.29, 0.717) is 30.3 Å². The highest BCUT2D eigenvalue weighted by Crippen LogP contribution is 2.22. The number of ether oxygens (including phenoxy) is 1. The Kier molecular flexibility index (Phi) is 6.16. The van der Waals surface area contributed by atoms with Crippen molar-refractivity contribution in [3.8, 4) is 0 Å². The zero-order valence-corrected chi connectivity index (χ0v) is 16.5. The van der Waals surface area contributed by atoms with E-state index in [1.54, 1.807) is 24.0 Å². The summed E-state index contributed by atoms with van der Waals surface area (Å²) in [6.07, 6.45) is -0.212. The zero-order chi connectivity index (χ0) is 19.4. The van der Waals surface area contributed by atoms with Crippen LogP contribution < -0.4 is 4.72 Å². The van der Waals surface area contributed by atoms with Gasteiger partial charge in [0.2, 0.25) is 15.9 Å². The van der Waals surface area contributed by atoms with Crippen molar-refractivity contribution in [3.05, 3.63) is 64.7 Å². The van der Waals surface area contributed by atoms with Gasteiger partial charge in [0, 0.05) is 11.6 Å². The van der Waals surface area contributed by atoms with E-state index in [4.69, 9.17) is 16.3 Å². The van der Waals surface area contributed by atoms with E-state index in [2.05, 4.69) is 4.72 Å². The molecular formula is C19H21ClN2O4S. The third-order valence-electron chi connectivity index (χ3n) is 4.44. The number of sulfonamides is 1. The second-order valence-electron chi connectivity index (χ2n) is 6.34. The smallest absolute Gasteiger partial charge is 0.241 e. The molecule has 2 aromatic carbocycles. The fraction of sp³-hybridized carbons (Fsp3) is 0.316. The molecule has 8 heteroatoms. The van der Waals surface area contributed by atoms with Gasteiger partial charge in [0.25, 0.3) is 0 Å². The van der Waals surface area contributed by atoms with E-state index in [0.717, 1.165) is 5.56 Å². The third kappa shape index (κ3) is 4.87. The number of nitrogens with zero attached hydrogens (tertiary/aromatic N) is 1. The topological polar surface area (TPSA) is 75.7 Å². The molecule has 2 aromatic rings. The molecule has 1 amide bonds. The van der Waals surface area contributed by atoms with Gasteiger partial charge in [0.05, 0.1) is 24.6 Å². The predicted molar refractivity (Wildman–Crippen MR) is 103 cm³/mol. The first kappa shape index (κ1) is 19.8. The summed E-state index contributed by atoms with van der Waals surface area (Å²) in [7, 11) is -3.83. The Hall–Kier alpha value is -1.93. The maximum absolute atomic E-state index is 12.5. The van der Waals surface area contributed by atoms with E-state index in [1.807, 2.05) is 30.3 Å². The minimum atomic E-state index is -3.83. The lowest BCUT2D eigenvalue weighted by Gasteiger charge is -2.33. The highest BCUT2D eigenvalue weighted by Gasteiger charge is 2.26. The summed E-state index contributed by atoms with van der Waals surface area (Å²) in [4.78, 5) is 14.2. The monoisotopic (exact) mass is 408 g/mol. The highest BCUT2D eigenvalue weighted by atomic mass is 35.5. The van der Waals surface area contributed by atoms with Crippen LogP contribution in [0.25, 0.3) is 0 Å². The van der Waals surface area contributed by atoms with Gasteiger partial charge in [-0.15, -0.1) is 0 Å². The van der Waals surface area contributed by atoms with Crippen molar-refractivity contribution in [2.24, 2.45) is 0 Å². The standard InChI is InChI=1S/C19H21ClN2O4S/c1-14-7-8-16(20)11-18(14)27(24,25)21-12-19(23)22-9-10-26-17(13-22)15-5-3-2-4-6-15/h2-8,11,17,21H,9-10,12-13H2,1H3/t17-/m0/s1. The van der Waals surface area contributed by atoms with E-state index in [-0.39, 0.29) is 23.5 Å². The number of nitrogens with one attached hydrogen (secondary N) is 1. The van der Waals surface area contributed by atoms with Crippen LogP contribution in [0.15, 0.2) is 53.4 Å². The Morgan fingerprint density at radius 1 is 1.26 bits per heavy atom. The van der Waals surface area contributed by atoms with Crippen LogP contribution in [0.5, 0.6) is 0 Å². The molecule has 0 unspecified atom stereocenters. The van der Waals surface area contributed by atoms with Crippen molar-refractivity contribution in [3.63, 3.8) is 0 Å². The summed E-state index contributed by atoms with van der Waals surface area (Å²) >= 11 is 5.90. The number of carbonyl (C=O) groups is 1. The molecule has 1 heterocycles. The molecule has 0 spiro atoms. The quantitative estimate of drug-likeness (QED) is 0.824. The van der Waals surface area contributed by atoms with Gasteiger partial charge in [0.1, 0.15) is 6.10 Å². The number of halogens is 1. The lowest BCUT2D eigenvalue weighted by molar-refractivity contribution is -0.137. The van der Waals surface area contributed by atoms with Crippen molar-refractivity contribution in [2.75, 3.05) is 26.2 Å². The van der Waals surface area contributed by atoms with Gasteiger partial charge < -0.3 is 9.64 Å². The van der Waals surface area contributed by atoms with Crippen LogP contribution in [0.4, 0.5) is 0 Å². The van der Waals surface area contributed by atoms with Gasteiger partial charge in [-0.1, -0.05) is 48.0 Å². The number of amides is 1. The zero-order valence-electron chi connectivity index (χ0n) is 14.9. The average Bonchev–Trinajstić information content (AvgIpc) is 2.69. The molecule has 6 nitrogen and oxygen atoms in total. The van der Waals surface area contributed by atoms with Crippen molar-refractivity contribution in [1.82, 2.24) is 9.62 Å². The fourth-order valence-corrected chi connectivity index (χ4v) is 4.43. The molecule has 0 aromatic heterocycles. The lowest BCUT2D eigenvalue weighted by atomic mass is 10.1. The third-order valence-corrected chi connectivity index (χ3v) is 6.22. The van der Waals surface area contributed by atoms with Crippen LogP contribution in [0, 0.1) is 6.92 Å². The number of hydrogen-bond acceptors (Lipinski definition) is 4. The van der Waals surface area contributed by atoms with Crippen molar-refractivity contribution in [1.29, 1.82) is 0 Å². The van der Waals surface area contributed by atoms with Crippen molar-refractivity contribution >= 4 is 27.5 Å². The minimum absolute atomic E-state index is 0.0759. The van der Waals surface area contributed by atoms with Gasteiger partial charge in [-0.2, -0.15) is 0 Å². The molecule has 1 fully saturated rings. The van der Waals surface area contributed by atoms with E-state index < -0.39 is 10.0 Å². The Balaban J connectivity index is 1.64. The second-order valence-corrected chi connectivity index (χ2v) is 8.52. The Labute approximate surface area is 164 Å². The number of hydrogen-bond donors (Lipinski definition) is 1. The van der Waals surface area contributed by atoms with Gasteiger partial charge >= 0.3 is 0 Å². The number of aryl methyl sites for hydroxylation is 1. The average molecular weight is 409 g/mol. The maximum atomic E-state index is 12.5.